The van der Waals surface area contributed by atoms with E-state index in [9.17, 15) is 0 Å². The Balaban J connectivity index is 2.43. The van der Waals surface area contributed by atoms with Gasteiger partial charge in [0.2, 0.25) is 0 Å². The highest BCUT2D eigenvalue weighted by Crippen LogP contribution is 2.31. The topological polar surface area (TPSA) is 12.9 Å². The van der Waals surface area contributed by atoms with Crippen LogP contribution in [0.1, 0.15) is 11.3 Å². The summed E-state index contributed by atoms with van der Waals surface area (Å²) >= 11 is 12.4. The lowest BCUT2D eigenvalue weighted by Gasteiger charge is -2.03. The molecule has 0 amide bonds. The second kappa shape index (κ2) is 5.15. The van der Waals surface area contributed by atoms with Crippen molar-refractivity contribution in [3.05, 3.63) is 66.0 Å². The minimum Gasteiger partial charge on any atom is -0.255 e. The Hall–Kier alpha value is -1.31. The van der Waals surface area contributed by atoms with E-state index < -0.39 is 0 Å². The van der Waals surface area contributed by atoms with Gasteiger partial charge in [-0.15, -0.1) is 0 Å². The third-order valence-electron chi connectivity index (χ3n) is 2.11. The molecule has 1 nitrogen and oxygen atoms in total. The zero-order valence-corrected chi connectivity index (χ0v) is 9.91. The second-order valence-corrected chi connectivity index (χ2v) is 3.96. The molecular formula is C13H9Cl2N. The van der Waals surface area contributed by atoms with Gasteiger partial charge in [0.05, 0.1) is 15.8 Å². The molecule has 0 aliphatic rings. The predicted octanol–water partition coefficient (Wildman–Crippen LogP) is 4.39. The summed E-state index contributed by atoms with van der Waals surface area (Å²) in [6.45, 7) is 0. The minimum atomic E-state index is 0.466. The molecule has 0 fully saturated rings. The van der Waals surface area contributed by atoms with Crippen molar-refractivity contribution in [2.24, 2.45) is 0 Å². The van der Waals surface area contributed by atoms with Gasteiger partial charge in [-0.05, 0) is 17.7 Å². The number of hydrogen-bond acceptors (Lipinski definition) is 1. The normalized spacial score (nSPS) is 12.1. The van der Waals surface area contributed by atoms with Crippen LogP contribution in [0.4, 0.5) is 0 Å². The molecule has 1 aromatic heterocycles. The monoisotopic (exact) mass is 249 g/mol. The summed E-state index contributed by atoms with van der Waals surface area (Å²) in [5.74, 6) is 0. The molecule has 2 rings (SSSR count). The highest BCUT2D eigenvalue weighted by molar-refractivity contribution is 6.65. The van der Waals surface area contributed by atoms with Gasteiger partial charge in [-0.2, -0.15) is 0 Å². The number of hydrogen-bond donors (Lipinski definition) is 0. The number of nitrogens with zero attached hydrogens (tertiary/aromatic N) is 1. The first-order chi connectivity index (χ1) is 7.79. The Bertz CT molecular complexity index is 444. The Kier molecular flexibility index (Phi) is 3.60. The molecular weight excluding hydrogens is 241 g/mol. The van der Waals surface area contributed by atoms with E-state index in [-0.39, 0.29) is 0 Å². The lowest BCUT2D eigenvalue weighted by molar-refractivity contribution is 1.29. The van der Waals surface area contributed by atoms with Crippen molar-refractivity contribution in [2.75, 3.05) is 0 Å². The summed E-state index contributed by atoms with van der Waals surface area (Å²) in [7, 11) is 0. The molecule has 16 heavy (non-hydrogen) atoms. The van der Waals surface area contributed by atoms with E-state index in [0.717, 1.165) is 5.56 Å². The predicted molar refractivity (Wildman–Crippen MR) is 69.2 cm³/mol. The Morgan fingerprint density at radius 1 is 0.812 bits per heavy atom. The fourth-order valence-corrected chi connectivity index (χ4v) is 1.76. The maximum absolute atomic E-state index is 6.20. The van der Waals surface area contributed by atoms with Crippen LogP contribution < -0.4 is 0 Å². The van der Waals surface area contributed by atoms with Crippen molar-refractivity contribution >= 4 is 33.3 Å². The van der Waals surface area contributed by atoms with Gasteiger partial charge >= 0.3 is 0 Å². The van der Waals surface area contributed by atoms with Gasteiger partial charge in [0.1, 0.15) is 0 Å². The highest BCUT2D eigenvalue weighted by atomic mass is 35.5. The Labute approximate surface area is 104 Å². The molecule has 0 atom stereocenters. The van der Waals surface area contributed by atoms with E-state index in [1.165, 1.54) is 0 Å². The average molecular weight is 250 g/mol. The lowest BCUT2D eigenvalue weighted by Crippen LogP contribution is -1.85. The van der Waals surface area contributed by atoms with E-state index in [1.54, 1.807) is 6.20 Å². The second-order valence-electron chi connectivity index (χ2n) is 3.21. The van der Waals surface area contributed by atoms with Crippen molar-refractivity contribution in [2.45, 2.75) is 0 Å². The van der Waals surface area contributed by atoms with Gasteiger partial charge in [-0.25, -0.2) is 0 Å². The van der Waals surface area contributed by atoms with Crippen molar-refractivity contribution in [1.82, 2.24) is 4.98 Å². The number of benzene rings is 1. The Morgan fingerprint density at radius 2 is 1.50 bits per heavy atom. The van der Waals surface area contributed by atoms with Gasteiger partial charge in [-0.1, -0.05) is 59.6 Å². The van der Waals surface area contributed by atoms with Gasteiger partial charge in [0.15, 0.2) is 0 Å². The van der Waals surface area contributed by atoms with E-state index in [0.29, 0.717) is 15.8 Å². The zero-order valence-electron chi connectivity index (χ0n) is 8.40. The summed E-state index contributed by atoms with van der Waals surface area (Å²) < 4.78 is 0. The molecule has 3 heteroatoms. The van der Waals surface area contributed by atoms with Crippen molar-refractivity contribution in [3.63, 3.8) is 0 Å². The van der Waals surface area contributed by atoms with E-state index in [2.05, 4.69) is 4.98 Å². The maximum Gasteiger partial charge on any atom is 0.0854 e. The molecule has 1 aromatic carbocycles. The quantitative estimate of drug-likeness (QED) is 0.770. The van der Waals surface area contributed by atoms with E-state index in [1.807, 2.05) is 48.5 Å². The third kappa shape index (κ3) is 2.43. The first-order valence-corrected chi connectivity index (χ1v) is 5.57. The third-order valence-corrected chi connectivity index (χ3v) is 3.00. The molecule has 0 unspecified atom stereocenters. The molecule has 1 heterocycles. The van der Waals surface area contributed by atoms with Crippen LogP contribution in [0.2, 0.25) is 0 Å². The SMILES string of the molecule is ClC(=C(Cl)c1ccccn1)c1ccccc1. The summed E-state index contributed by atoms with van der Waals surface area (Å²) in [6, 6.07) is 15.1. The van der Waals surface area contributed by atoms with E-state index >= 15 is 0 Å². The van der Waals surface area contributed by atoms with Crippen LogP contribution in [0, 0.1) is 0 Å². The summed E-state index contributed by atoms with van der Waals surface area (Å²) in [5.41, 5.74) is 1.57. The summed E-state index contributed by atoms with van der Waals surface area (Å²) in [4.78, 5) is 4.15. The van der Waals surface area contributed by atoms with Crippen LogP contribution in [0.25, 0.3) is 10.1 Å². The largest absolute Gasteiger partial charge is 0.255 e. The standard InChI is InChI=1S/C13H9Cl2N/c14-12(10-6-2-1-3-7-10)13(15)11-8-4-5-9-16-11/h1-9H. The van der Waals surface area contributed by atoms with Gasteiger partial charge < -0.3 is 0 Å². The molecule has 0 saturated heterocycles. The van der Waals surface area contributed by atoms with Crippen LogP contribution in [-0.4, -0.2) is 4.98 Å². The van der Waals surface area contributed by atoms with Crippen LogP contribution in [0.3, 0.4) is 0 Å². The van der Waals surface area contributed by atoms with E-state index in [4.69, 9.17) is 23.2 Å². The number of halogens is 2. The molecule has 80 valence electrons. The van der Waals surface area contributed by atoms with Crippen molar-refractivity contribution in [1.29, 1.82) is 0 Å². The number of rotatable bonds is 2. The van der Waals surface area contributed by atoms with Gasteiger partial charge in [0, 0.05) is 6.20 Å². The van der Waals surface area contributed by atoms with Crippen molar-refractivity contribution in [3.8, 4) is 0 Å². The average Bonchev–Trinajstić information content (AvgIpc) is 2.39. The molecule has 0 aliphatic carbocycles. The molecule has 2 aromatic rings. The van der Waals surface area contributed by atoms with Crippen LogP contribution in [-0.2, 0) is 0 Å². The number of pyridine rings is 1. The molecule has 0 bridgehead atoms. The summed E-state index contributed by atoms with van der Waals surface area (Å²) in [6.07, 6.45) is 1.69. The molecule has 0 aliphatic heterocycles. The fraction of sp³-hybridized carbons (Fsp3) is 0. The van der Waals surface area contributed by atoms with Crippen molar-refractivity contribution < 1.29 is 0 Å². The summed E-state index contributed by atoms with van der Waals surface area (Å²) in [5, 5.41) is 0.981. The molecule has 0 radical (unpaired) electrons. The molecule has 0 spiro atoms. The first-order valence-electron chi connectivity index (χ1n) is 4.81. The lowest BCUT2D eigenvalue weighted by atomic mass is 10.2. The minimum absolute atomic E-state index is 0.466. The molecule has 0 saturated carbocycles. The highest BCUT2D eigenvalue weighted by Gasteiger charge is 2.07. The number of aromatic nitrogens is 1. The Morgan fingerprint density at radius 3 is 2.12 bits per heavy atom. The van der Waals surface area contributed by atoms with Gasteiger partial charge in [-0.3, -0.25) is 4.98 Å². The maximum atomic E-state index is 6.20. The van der Waals surface area contributed by atoms with Crippen LogP contribution >= 0.6 is 23.2 Å². The van der Waals surface area contributed by atoms with Crippen LogP contribution in [0.5, 0.6) is 0 Å². The van der Waals surface area contributed by atoms with Crippen LogP contribution in [0.15, 0.2) is 54.7 Å². The molecule has 0 N–H and O–H groups in total. The zero-order chi connectivity index (χ0) is 11.4. The smallest absolute Gasteiger partial charge is 0.0854 e. The van der Waals surface area contributed by atoms with Gasteiger partial charge in [0.25, 0.3) is 0 Å². The first kappa shape index (κ1) is 11.2. The fourth-order valence-electron chi connectivity index (χ4n) is 1.32.